The van der Waals surface area contributed by atoms with E-state index >= 15 is 0 Å². The van der Waals surface area contributed by atoms with Crippen molar-refractivity contribution in [1.29, 1.82) is 0 Å². The first-order valence-electron chi connectivity index (χ1n) is 12.8. The van der Waals surface area contributed by atoms with Gasteiger partial charge in [-0.2, -0.15) is 4.67 Å². The maximum atomic E-state index is 4.22. The molecule has 35 heavy (non-hydrogen) atoms. The fraction of sp³-hybridized carbons (Fsp3) is 0.400. The fourth-order valence-electron chi connectivity index (χ4n) is 5.86. The summed E-state index contributed by atoms with van der Waals surface area (Å²) in [6.45, 7) is 17.3. The summed E-state index contributed by atoms with van der Waals surface area (Å²) in [7, 11) is -1.94. The van der Waals surface area contributed by atoms with Crippen LogP contribution in [-0.4, -0.2) is 27.5 Å². The van der Waals surface area contributed by atoms with Crippen molar-refractivity contribution in [3.05, 3.63) is 71.8 Å². The Morgan fingerprint density at radius 3 is 2.17 bits per heavy atom. The molecule has 3 aromatic carbocycles. The van der Waals surface area contributed by atoms with E-state index in [1.165, 1.54) is 56.8 Å². The van der Waals surface area contributed by atoms with Crippen LogP contribution in [0.3, 0.4) is 0 Å². The van der Waals surface area contributed by atoms with Gasteiger partial charge in [0.25, 0.3) is 0 Å². The number of anilines is 1. The number of nitrogens with zero attached hydrogens (tertiary/aromatic N) is 2. The number of aromatic nitrogens is 1. The molecule has 0 spiro atoms. The molecule has 1 saturated heterocycles. The quantitative estimate of drug-likeness (QED) is 0.387. The molecule has 1 aliphatic rings. The van der Waals surface area contributed by atoms with E-state index in [4.69, 9.17) is 0 Å². The molecule has 1 N–H and O–H groups in total. The van der Waals surface area contributed by atoms with Crippen molar-refractivity contribution in [2.24, 2.45) is 0 Å². The highest BCUT2D eigenvalue weighted by atomic mass is 35.5. The van der Waals surface area contributed by atoms with Crippen LogP contribution in [0.2, 0.25) is 0 Å². The molecule has 5 rings (SSSR count). The van der Waals surface area contributed by atoms with E-state index < -0.39 is 7.56 Å². The Bertz CT molecular complexity index is 1350. The highest BCUT2D eigenvalue weighted by Crippen LogP contribution is 2.70. The maximum absolute atomic E-state index is 4.22. The molecule has 1 atom stereocenters. The molecule has 1 fully saturated rings. The monoisotopic (exact) mass is 507 g/mol. The zero-order valence-corrected chi connectivity index (χ0v) is 23.7. The zero-order chi connectivity index (χ0) is 24.1. The van der Waals surface area contributed by atoms with E-state index in [1.54, 1.807) is 0 Å². The van der Waals surface area contributed by atoms with Gasteiger partial charge in [0.1, 0.15) is 10.5 Å². The van der Waals surface area contributed by atoms with Gasteiger partial charge in [-0.05, 0) is 102 Å². The Morgan fingerprint density at radius 2 is 1.51 bits per heavy atom. The van der Waals surface area contributed by atoms with Crippen molar-refractivity contribution in [3.8, 4) is 0 Å². The number of benzene rings is 3. The second-order valence-electron chi connectivity index (χ2n) is 10.8. The van der Waals surface area contributed by atoms with Crippen molar-refractivity contribution in [3.63, 3.8) is 0 Å². The lowest BCUT2D eigenvalue weighted by atomic mass is 10.1. The van der Waals surface area contributed by atoms with Crippen LogP contribution in [-0.2, 0) is 6.54 Å². The smallest absolute Gasteiger partial charge is 0.209 e. The summed E-state index contributed by atoms with van der Waals surface area (Å²) < 4.78 is 5.26. The molecule has 0 radical (unpaired) electrons. The molecule has 1 aliphatic heterocycles. The van der Waals surface area contributed by atoms with E-state index in [9.17, 15) is 0 Å². The Balaban J connectivity index is 0.00000289. The van der Waals surface area contributed by atoms with Gasteiger partial charge >= 0.3 is 0 Å². The number of hydrogen-bond acceptors (Lipinski definition) is 2. The largest absolute Gasteiger partial charge is 1.00 e. The third-order valence-corrected chi connectivity index (χ3v) is 12.5. The van der Waals surface area contributed by atoms with Crippen molar-refractivity contribution in [2.45, 2.75) is 66.1 Å². The van der Waals surface area contributed by atoms with Crippen LogP contribution >= 0.6 is 7.56 Å². The predicted octanol–water partition coefficient (Wildman–Crippen LogP) is 4.91. The minimum absolute atomic E-state index is 0. The highest BCUT2D eigenvalue weighted by Gasteiger charge is 2.58. The molecule has 5 heteroatoms. The van der Waals surface area contributed by atoms with Crippen LogP contribution < -0.4 is 22.8 Å². The second kappa shape index (κ2) is 9.77. The number of nitrogens with one attached hydrogen (secondary N) is 1. The maximum Gasteiger partial charge on any atom is 0.209 e. The van der Waals surface area contributed by atoms with Crippen LogP contribution in [0.4, 0.5) is 5.69 Å². The lowest BCUT2D eigenvalue weighted by Crippen LogP contribution is -3.00. The van der Waals surface area contributed by atoms with Crippen LogP contribution in [0, 0.1) is 13.8 Å². The third-order valence-electron chi connectivity index (χ3n) is 7.72. The Morgan fingerprint density at radius 1 is 0.829 bits per heavy atom. The summed E-state index contributed by atoms with van der Waals surface area (Å²) in [4.78, 5) is 0. The normalized spacial score (nSPS) is 16.4. The first kappa shape index (κ1) is 26.0. The molecule has 0 amide bonds. The molecular weight excluding hydrogens is 469 g/mol. The van der Waals surface area contributed by atoms with Gasteiger partial charge in [0.15, 0.2) is 0 Å². The van der Waals surface area contributed by atoms with Crippen molar-refractivity contribution < 1.29 is 12.4 Å². The van der Waals surface area contributed by atoms with Gasteiger partial charge in [-0.15, -0.1) is 0 Å². The van der Waals surface area contributed by atoms with E-state index in [0.717, 1.165) is 19.6 Å². The van der Waals surface area contributed by atoms with Gasteiger partial charge in [-0.1, -0.05) is 24.3 Å². The van der Waals surface area contributed by atoms with Crippen LogP contribution in [0.1, 0.15) is 51.7 Å². The topological polar surface area (TPSA) is 20.2 Å². The number of halogens is 1. The van der Waals surface area contributed by atoms with Crippen molar-refractivity contribution in [1.82, 2.24) is 9.24 Å². The molecule has 0 bridgehead atoms. The van der Waals surface area contributed by atoms with Crippen molar-refractivity contribution >= 4 is 40.4 Å². The lowest BCUT2D eigenvalue weighted by Gasteiger charge is -2.43. The molecule has 3 nitrogen and oxygen atoms in total. The van der Waals surface area contributed by atoms with Crippen molar-refractivity contribution in [2.75, 3.05) is 18.2 Å². The SMILES string of the molecule is CCn1c2ccccc2c2cc([P+](Nc3ccc(C)c(C)c3)(N3CCCC3)C(C)(C)C)ccc21.[Cl-]. The van der Waals surface area contributed by atoms with Gasteiger partial charge in [-0.3, -0.25) is 0 Å². The highest BCUT2D eigenvalue weighted by molar-refractivity contribution is 7.83. The minimum atomic E-state index is -1.94. The van der Waals surface area contributed by atoms with Gasteiger partial charge in [0.2, 0.25) is 7.56 Å². The molecule has 0 saturated carbocycles. The number of hydrogen-bond donors (Lipinski definition) is 1. The van der Waals surface area contributed by atoms with E-state index in [0.29, 0.717) is 0 Å². The fourth-order valence-corrected chi connectivity index (χ4v) is 10.4. The Hall–Kier alpha value is -2.06. The Kier molecular flexibility index (Phi) is 7.26. The minimum Gasteiger partial charge on any atom is -1.00 e. The van der Waals surface area contributed by atoms with Crippen LogP contribution in [0.15, 0.2) is 60.7 Å². The average molecular weight is 508 g/mol. The molecule has 2 heterocycles. The molecule has 0 aliphatic carbocycles. The number of rotatable bonds is 5. The summed E-state index contributed by atoms with van der Waals surface area (Å²) in [5.41, 5.74) is 6.61. The third kappa shape index (κ3) is 4.26. The summed E-state index contributed by atoms with van der Waals surface area (Å²) >= 11 is 0. The predicted molar refractivity (Wildman–Crippen MR) is 152 cm³/mol. The van der Waals surface area contributed by atoms with E-state index in [1.807, 2.05) is 0 Å². The van der Waals surface area contributed by atoms with Crippen LogP contribution in [0.5, 0.6) is 0 Å². The van der Waals surface area contributed by atoms with E-state index in [2.05, 4.69) is 117 Å². The molecule has 186 valence electrons. The first-order chi connectivity index (χ1) is 16.3. The second-order valence-corrected chi connectivity index (χ2v) is 14.8. The Labute approximate surface area is 217 Å². The van der Waals surface area contributed by atoms with Gasteiger partial charge in [-0.25, -0.2) is 5.09 Å². The summed E-state index contributed by atoms with van der Waals surface area (Å²) in [5, 5.41) is 8.50. The van der Waals surface area contributed by atoms with Gasteiger partial charge in [0.05, 0.1) is 5.69 Å². The average Bonchev–Trinajstić information content (AvgIpc) is 3.45. The number of para-hydroxylation sites is 1. The number of aryl methyl sites for hydroxylation is 3. The molecule has 1 unspecified atom stereocenters. The molecule has 4 aromatic rings. The first-order valence-corrected chi connectivity index (χ1v) is 14.5. The standard InChI is InChI=1S/C30H39N3P.ClH/c1-7-33-28-13-9-8-12-26(28)27-21-25(16-17-29(27)33)34(30(4,5)6,32-18-10-11-19-32)31-24-15-14-22(2)23(3)20-24;/h8-9,12-17,20-21,31H,7,10-11,18-19H2,1-6H3;1H/q+1;/p-1. The zero-order valence-electron chi connectivity index (χ0n) is 22.0. The van der Waals surface area contributed by atoms with Crippen LogP contribution in [0.25, 0.3) is 21.8 Å². The van der Waals surface area contributed by atoms with Gasteiger partial charge in [0, 0.05) is 41.4 Å². The molecule has 1 aromatic heterocycles. The molecular formula is C30H39ClN3P. The summed E-state index contributed by atoms with van der Waals surface area (Å²) in [5.74, 6) is 0. The number of fused-ring (bicyclic) bond motifs is 3. The van der Waals surface area contributed by atoms with Gasteiger partial charge < -0.3 is 17.0 Å². The summed E-state index contributed by atoms with van der Waals surface area (Å²) in [6.07, 6.45) is 2.56. The summed E-state index contributed by atoms with van der Waals surface area (Å²) in [6, 6.07) is 23.1. The lowest BCUT2D eigenvalue weighted by molar-refractivity contribution is -0.00000730. The van der Waals surface area contributed by atoms with E-state index in [-0.39, 0.29) is 17.6 Å².